The number of sulfonamides is 2. The summed E-state index contributed by atoms with van der Waals surface area (Å²) < 4.78 is 51.9. The van der Waals surface area contributed by atoms with Gasteiger partial charge in [-0.15, -0.1) is 0 Å². The third kappa shape index (κ3) is 3.34. The van der Waals surface area contributed by atoms with Crippen LogP contribution in [0.2, 0.25) is 0 Å². The smallest absolute Gasteiger partial charge is 0.212 e. The van der Waals surface area contributed by atoms with E-state index in [1.807, 2.05) is 13.0 Å². The van der Waals surface area contributed by atoms with Gasteiger partial charge in [-0.25, -0.2) is 16.8 Å². The topological polar surface area (TPSA) is 74.8 Å². The monoisotopic (exact) mass is 346 g/mol. The average molecular weight is 346 g/mol. The molecule has 1 heterocycles. The molecule has 1 aromatic carbocycles. The molecule has 0 atom stereocenters. The molecule has 0 radical (unpaired) electrons. The summed E-state index contributed by atoms with van der Waals surface area (Å²) >= 11 is 0. The van der Waals surface area contributed by atoms with Gasteiger partial charge < -0.3 is 0 Å². The first-order chi connectivity index (χ1) is 10.2. The average Bonchev–Trinajstić information content (AvgIpc) is 2.49. The summed E-state index contributed by atoms with van der Waals surface area (Å²) in [4.78, 5) is 0.305. The number of benzene rings is 1. The van der Waals surface area contributed by atoms with Crippen LogP contribution in [0.25, 0.3) is 0 Å². The van der Waals surface area contributed by atoms with Gasteiger partial charge >= 0.3 is 0 Å². The van der Waals surface area contributed by atoms with Gasteiger partial charge in [0.2, 0.25) is 20.0 Å². The van der Waals surface area contributed by atoms with E-state index in [1.165, 1.54) is 8.61 Å². The van der Waals surface area contributed by atoms with Crippen LogP contribution in [0.5, 0.6) is 0 Å². The zero-order chi connectivity index (χ0) is 16.5. The molecule has 6 nitrogen and oxygen atoms in total. The molecule has 0 aliphatic carbocycles. The zero-order valence-corrected chi connectivity index (χ0v) is 14.7. The molecule has 1 aliphatic heterocycles. The van der Waals surface area contributed by atoms with Crippen LogP contribution in [0.15, 0.2) is 23.1 Å². The van der Waals surface area contributed by atoms with Crippen molar-refractivity contribution in [1.29, 1.82) is 0 Å². The van der Waals surface area contributed by atoms with Crippen molar-refractivity contribution in [1.82, 2.24) is 8.61 Å². The zero-order valence-electron chi connectivity index (χ0n) is 13.1. The Hall–Kier alpha value is -0.960. The summed E-state index contributed by atoms with van der Waals surface area (Å²) in [6.07, 6.45) is 0. The molecule has 0 aromatic heterocycles. The highest BCUT2D eigenvalue weighted by molar-refractivity contribution is 7.89. The number of hydrogen-bond donors (Lipinski definition) is 0. The van der Waals surface area contributed by atoms with Crippen molar-refractivity contribution in [2.45, 2.75) is 25.7 Å². The predicted octanol–water partition coefficient (Wildman–Crippen LogP) is 0.959. The first-order valence-corrected chi connectivity index (χ1v) is 10.3. The summed E-state index contributed by atoms with van der Waals surface area (Å²) in [5.74, 6) is 0.0384. The lowest BCUT2D eigenvalue weighted by molar-refractivity contribution is 0.273. The molecule has 8 heteroatoms. The van der Waals surface area contributed by atoms with Crippen LogP contribution < -0.4 is 0 Å². The van der Waals surface area contributed by atoms with Crippen LogP contribution in [-0.4, -0.2) is 57.4 Å². The van der Waals surface area contributed by atoms with E-state index < -0.39 is 20.0 Å². The van der Waals surface area contributed by atoms with Gasteiger partial charge in [0.25, 0.3) is 0 Å². The normalized spacial score (nSPS) is 18.5. The molecule has 0 unspecified atom stereocenters. The fourth-order valence-electron chi connectivity index (χ4n) is 2.50. The van der Waals surface area contributed by atoms with Gasteiger partial charge in [-0.1, -0.05) is 12.1 Å². The Balaban J connectivity index is 2.22. The lowest BCUT2D eigenvalue weighted by atomic mass is 10.2. The molecule has 0 N–H and O–H groups in total. The van der Waals surface area contributed by atoms with E-state index in [0.29, 0.717) is 10.5 Å². The summed E-state index contributed by atoms with van der Waals surface area (Å²) in [6.45, 7) is 6.01. The molecule has 22 heavy (non-hydrogen) atoms. The maximum absolute atomic E-state index is 12.7. The Morgan fingerprint density at radius 3 is 2.05 bits per heavy atom. The predicted molar refractivity (Wildman–Crippen MR) is 85.7 cm³/mol. The van der Waals surface area contributed by atoms with E-state index in [1.54, 1.807) is 26.0 Å². The Morgan fingerprint density at radius 2 is 1.50 bits per heavy atom. The largest absolute Gasteiger partial charge is 0.243 e. The molecule has 0 amide bonds. The minimum Gasteiger partial charge on any atom is -0.212 e. The fraction of sp³-hybridized carbons (Fsp3) is 0.571. The van der Waals surface area contributed by atoms with E-state index in [9.17, 15) is 16.8 Å². The van der Waals surface area contributed by atoms with Gasteiger partial charge in [-0.2, -0.15) is 8.61 Å². The fourth-order valence-corrected chi connectivity index (χ4v) is 5.31. The second-order valence-electron chi connectivity index (χ2n) is 5.47. The lowest BCUT2D eigenvalue weighted by Gasteiger charge is -2.33. The Morgan fingerprint density at radius 1 is 0.955 bits per heavy atom. The van der Waals surface area contributed by atoms with Crippen molar-refractivity contribution in [3.8, 4) is 0 Å². The van der Waals surface area contributed by atoms with Crippen LogP contribution in [0.3, 0.4) is 0 Å². The van der Waals surface area contributed by atoms with Gasteiger partial charge in [0.05, 0.1) is 10.6 Å². The highest BCUT2D eigenvalue weighted by Gasteiger charge is 2.32. The molecule has 1 aromatic rings. The standard InChI is InChI=1S/C14H22N2O4S2/c1-4-21(17,18)15-7-9-16(10-8-15)22(19,20)14-11-12(2)5-6-13(14)3/h5-6,11H,4,7-10H2,1-3H3. The number of nitrogens with zero attached hydrogens (tertiary/aromatic N) is 2. The first-order valence-electron chi connectivity index (χ1n) is 7.23. The van der Waals surface area contributed by atoms with Gasteiger partial charge in [0.15, 0.2) is 0 Å². The minimum atomic E-state index is -3.58. The van der Waals surface area contributed by atoms with Crippen molar-refractivity contribution in [2.24, 2.45) is 0 Å². The Bertz CT molecular complexity index is 749. The van der Waals surface area contributed by atoms with Gasteiger partial charge in [0, 0.05) is 26.2 Å². The number of aryl methyl sites for hydroxylation is 2. The molecular formula is C14H22N2O4S2. The van der Waals surface area contributed by atoms with Crippen molar-refractivity contribution >= 4 is 20.0 Å². The lowest BCUT2D eigenvalue weighted by Crippen LogP contribution is -2.50. The van der Waals surface area contributed by atoms with Crippen LogP contribution in [-0.2, 0) is 20.0 Å². The van der Waals surface area contributed by atoms with Crippen LogP contribution in [0.1, 0.15) is 18.1 Å². The summed E-state index contributed by atoms with van der Waals surface area (Å²) in [7, 11) is -6.84. The molecule has 1 saturated heterocycles. The van der Waals surface area contributed by atoms with E-state index in [0.717, 1.165) is 5.56 Å². The Labute approximate surface area is 132 Å². The quantitative estimate of drug-likeness (QED) is 0.814. The van der Waals surface area contributed by atoms with Gasteiger partial charge in [0.1, 0.15) is 0 Å². The van der Waals surface area contributed by atoms with Crippen molar-refractivity contribution in [3.05, 3.63) is 29.3 Å². The summed E-state index contributed by atoms with van der Waals surface area (Å²) in [5, 5.41) is 0. The number of rotatable bonds is 4. The third-order valence-corrected chi connectivity index (χ3v) is 7.84. The molecule has 0 saturated carbocycles. The highest BCUT2D eigenvalue weighted by Crippen LogP contribution is 2.23. The summed E-state index contributed by atoms with van der Waals surface area (Å²) in [5.41, 5.74) is 1.59. The van der Waals surface area contributed by atoms with Gasteiger partial charge in [-0.05, 0) is 38.0 Å². The van der Waals surface area contributed by atoms with E-state index in [2.05, 4.69) is 0 Å². The van der Waals surface area contributed by atoms with Crippen LogP contribution in [0, 0.1) is 13.8 Å². The number of hydrogen-bond acceptors (Lipinski definition) is 4. The molecule has 124 valence electrons. The second-order valence-corrected chi connectivity index (χ2v) is 9.64. The molecule has 0 spiro atoms. The summed E-state index contributed by atoms with van der Waals surface area (Å²) in [6, 6.07) is 5.33. The molecular weight excluding hydrogens is 324 g/mol. The van der Waals surface area contributed by atoms with Crippen molar-refractivity contribution in [2.75, 3.05) is 31.9 Å². The van der Waals surface area contributed by atoms with E-state index in [-0.39, 0.29) is 31.9 Å². The van der Waals surface area contributed by atoms with Crippen LogP contribution in [0.4, 0.5) is 0 Å². The first kappa shape index (κ1) is 17.4. The highest BCUT2D eigenvalue weighted by atomic mass is 32.2. The van der Waals surface area contributed by atoms with Crippen molar-refractivity contribution in [3.63, 3.8) is 0 Å². The van der Waals surface area contributed by atoms with Crippen molar-refractivity contribution < 1.29 is 16.8 Å². The third-order valence-electron chi connectivity index (χ3n) is 3.92. The van der Waals surface area contributed by atoms with Crippen LogP contribution >= 0.6 is 0 Å². The van der Waals surface area contributed by atoms with Gasteiger partial charge in [-0.3, -0.25) is 0 Å². The molecule has 2 rings (SSSR count). The minimum absolute atomic E-state index is 0.0384. The second kappa shape index (κ2) is 6.27. The maximum Gasteiger partial charge on any atom is 0.243 e. The van der Waals surface area contributed by atoms with E-state index in [4.69, 9.17) is 0 Å². The molecule has 1 aliphatic rings. The van der Waals surface area contributed by atoms with E-state index >= 15 is 0 Å². The SMILES string of the molecule is CCS(=O)(=O)N1CCN(S(=O)(=O)c2cc(C)ccc2C)CC1. The maximum atomic E-state index is 12.7. The Kier molecular flexibility index (Phi) is 4.96. The molecule has 0 bridgehead atoms. The number of piperazine rings is 1. The molecule has 1 fully saturated rings.